The van der Waals surface area contributed by atoms with Crippen molar-refractivity contribution in [1.82, 2.24) is 24.6 Å². The van der Waals surface area contributed by atoms with E-state index in [0.717, 1.165) is 24.5 Å². The Hall–Kier alpha value is -3.40. The van der Waals surface area contributed by atoms with Crippen molar-refractivity contribution in [1.29, 1.82) is 0 Å². The van der Waals surface area contributed by atoms with Crippen LogP contribution in [0.1, 0.15) is 53.5 Å². The fourth-order valence-electron chi connectivity index (χ4n) is 4.85. The molecule has 0 bridgehead atoms. The Balaban J connectivity index is 1.40. The summed E-state index contributed by atoms with van der Waals surface area (Å²) >= 11 is 0. The predicted octanol–water partition coefficient (Wildman–Crippen LogP) is 3.55. The van der Waals surface area contributed by atoms with Gasteiger partial charge in [0.1, 0.15) is 23.4 Å². The highest BCUT2D eigenvalue weighted by Crippen LogP contribution is 2.36. The maximum atomic E-state index is 14.8. The third-order valence-electron chi connectivity index (χ3n) is 6.89. The summed E-state index contributed by atoms with van der Waals surface area (Å²) in [5.41, 5.74) is 2.33. The van der Waals surface area contributed by atoms with E-state index in [2.05, 4.69) is 10.1 Å². The Labute approximate surface area is 201 Å². The van der Waals surface area contributed by atoms with Crippen LogP contribution in [0, 0.1) is 11.6 Å². The number of amides is 1. The average Bonchev–Trinajstić information content (AvgIpc) is 3.57. The van der Waals surface area contributed by atoms with Gasteiger partial charge in [-0.05, 0) is 38.3 Å². The van der Waals surface area contributed by atoms with E-state index in [9.17, 15) is 13.6 Å². The molecule has 1 amide bonds. The zero-order valence-corrected chi connectivity index (χ0v) is 19.6. The molecule has 1 aromatic carbocycles. The van der Waals surface area contributed by atoms with E-state index in [-0.39, 0.29) is 29.4 Å². The minimum atomic E-state index is -0.719. The number of hydrogen-bond donors (Lipinski definition) is 0. The van der Waals surface area contributed by atoms with E-state index in [1.54, 1.807) is 11.9 Å². The minimum absolute atomic E-state index is 0.123. The Kier molecular flexibility index (Phi) is 5.28. The molecule has 2 fully saturated rings. The number of fused-ring (bicyclic) bond motifs is 1. The van der Waals surface area contributed by atoms with Crippen molar-refractivity contribution in [2.75, 3.05) is 31.6 Å². The first-order valence-electron chi connectivity index (χ1n) is 11.9. The third kappa shape index (κ3) is 4.05. The molecule has 35 heavy (non-hydrogen) atoms. The molecular weight excluding hydrogens is 454 g/mol. The molecule has 0 radical (unpaired) electrons. The molecule has 6 rings (SSSR count). The molecule has 1 saturated heterocycles. The first-order valence-corrected chi connectivity index (χ1v) is 11.9. The Morgan fingerprint density at radius 3 is 2.69 bits per heavy atom. The van der Waals surface area contributed by atoms with E-state index in [1.807, 2.05) is 28.9 Å². The van der Waals surface area contributed by atoms with Gasteiger partial charge in [-0.1, -0.05) is 0 Å². The molecule has 8 nitrogen and oxygen atoms in total. The fraction of sp³-hybridized carbons (Fsp3) is 0.440. The molecule has 10 heteroatoms. The minimum Gasteiger partial charge on any atom is -0.367 e. The van der Waals surface area contributed by atoms with E-state index in [1.165, 1.54) is 12.1 Å². The summed E-state index contributed by atoms with van der Waals surface area (Å²) in [6.45, 7) is 3.44. The lowest BCUT2D eigenvalue weighted by atomic mass is 9.97. The van der Waals surface area contributed by atoms with Gasteiger partial charge in [0.05, 0.1) is 30.6 Å². The van der Waals surface area contributed by atoms with E-state index < -0.39 is 11.6 Å². The largest absolute Gasteiger partial charge is 0.367 e. The number of carbonyl (C=O) groups is 1. The van der Waals surface area contributed by atoms with Gasteiger partial charge in [-0.15, -0.1) is 0 Å². The molecule has 2 aromatic heterocycles. The SMILES string of the molecule is CC1CN(c2nc3c(c(-c4ccc(F)cc4F)n2)CCN(C)C3=O)CC(c2cnn(C3CC3)c2)O1. The first kappa shape index (κ1) is 22.1. The highest BCUT2D eigenvalue weighted by molar-refractivity contribution is 5.96. The van der Waals surface area contributed by atoms with Gasteiger partial charge in [-0.25, -0.2) is 18.7 Å². The molecule has 4 heterocycles. The molecule has 0 N–H and O–H groups in total. The summed E-state index contributed by atoms with van der Waals surface area (Å²) in [5.74, 6) is -1.28. The molecule has 2 aliphatic heterocycles. The lowest BCUT2D eigenvalue weighted by Gasteiger charge is -2.37. The second kappa shape index (κ2) is 8.37. The molecular formula is C25H26F2N6O2. The Morgan fingerprint density at radius 1 is 1.11 bits per heavy atom. The lowest BCUT2D eigenvalue weighted by molar-refractivity contribution is -0.0179. The van der Waals surface area contributed by atoms with E-state index >= 15 is 0 Å². The third-order valence-corrected chi connectivity index (χ3v) is 6.89. The summed E-state index contributed by atoms with van der Waals surface area (Å²) in [6, 6.07) is 3.89. The Bertz CT molecular complexity index is 1310. The van der Waals surface area contributed by atoms with Crippen LogP contribution in [0.4, 0.5) is 14.7 Å². The smallest absolute Gasteiger partial charge is 0.272 e. The molecule has 3 aromatic rings. The molecule has 2 atom stereocenters. The summed E-state index contributed by atoms with van der Waals surface area (Å²) < 4.78 is 36.7. The number of benzene rings is 1. The number of carbonyl (C=O) groups excluding carboxylic acids is 1. The number of anilines is 1. The van der Waals surface area contributed by atoms with Crippen molar-refractivity contribution in [2.24, 2.45) is 0 Å². The maximum absolute atomic E-state index is 14.8. The summed E-state index contributed by atoms with van der Waals surface area (Å²) in [5, 5.41) is 4.49. The second-order valence-electron chi connectivity index (χ2n) is 9.63. The lowest BCUT2D eigenvalue weighted by Crippen LogP contribution is -2.44. The number of morpholine rings is 1. The zero-order valence-electron chi connectivity index (χ0n) is 19.6. The average molecular weight is 481 g/mol. The summed E-state index contributed by atoms with van der Waals surface area (Å²) in [4.78, 5) is 26.0. The first-order chi connectivity index (χ1) is 16.9. The van der Waals surface area contributed by atoms with Crippen LogP contribution in [0.2, 0.25) is 0 Å². The topological polar surface area (TPSA) is 76.4 Å². The quantitative estimate of drug-likeness (QED) is 0.569. The predicted molar refractivity (Wildman–Crippen MR) is 124 cm³/mol. The number of halogens is 2. The van der Waals surface area contributed by atoms with Crippen molar-refractivity contribution >= 4 is 11.9 Å². The van der Waals surface area contributed by atoms with Gasteiger partial charge in [0, 0.05) is 49.1 Å². The van der Waals surface area contributed by atoms with Gasteiger partial charge in [-0.2, -0.15) is 5.10 Å². The van der Waals surface area contributed by atoms with Crippen LogP contribution >= 0.6 is 0 Å². The van der Waals surface area contributed by atoms with Gasteiger partial charge in [0.25, 0.3) is 5.91 Å². The number of rotatable bonds is 4. The number of likely N-dealkylation sites (N-methyl/N-ethyl adjacent to an activating group) is 1. The van der Waals surface area contributed by atoms with Crippen LogP contribution in [0.15, 0.2) is 30.6 Å². The summed E-state index contributed by atoms with van der Waals surface area (Å²) in [7, 11) is 1.72. The number of ether oxygens (including phenoxy) is 1. The van der Waals surface area contributed by atoms with Crippen molar-refractivity contribution in [3.8, 4) is 11.3 Å². The van der Waals surface area contributed by atoms with E-state index in [4.69, 9.17) is 9.72 Å². The van der Waals surface area contributed by atoms with Gasteiger partial charge in [0.15, 0.2) is 0 Å². The molecule has 1 saturated carbocycles. The molecule has 3 aliphatic rings. The zero-order chi connectivity index (χ0) is 24.3. The van der Waals surface area contributed by atoms with Crippen LogP contribution in [0.25, 0.3) is 11.3 Å². The van der Waals surface area contributed by atoms with Crippen LogP contribution in [-0.4, -0.2) is 63.3 Å². The number of nitrogens with zero attached hydrogens (tertiary/aromatic N) is 6. The second-order valence-corrected chi connectivity index (χ2v) is 9.63. The monoisotopic (exact) mass is 480 g/mol. The van der Waals surface area contributed by atoms with Crippen LogP contribution < -0.4 is 4.90 Å². The highest BCUT2D eigenvalue weighted by Gasteiger charge is 2.34. The number of hydrogen-bond acceptors (Lipinski definition) is 6. The maximum Gasteiger partial charge on any atom is 0.272 e. The highest BCUT2D eigenvalue weighted by atomic mass is 19.1. The molecule has 1 aliphatic carbocycles. The van der Waals surface area contributed by atoms with Crippen molar-refractivity contribution < 1.29 is 18.3 Å². The van der Waals surface area contributed by atoms with Crippen molar-refractivity contribution in [2.45, 2.75) is 44.4 Å². The van der Waals surface area contributed by atoms with Crippen LogP contribution in [0.3, 0.4) is 0 Å². The Morgan fingerprint density at radius 2 is 1.91 bits per heavy atom. The van der Waals surface area contributed by atoms with Gasteiger partial charge in [0.2, 0.25) is 5.95 Å². The molecule has 0 spiro atoms. The van der Waals surface area contributed by atoms with Gasteiger partial charge < -0.3 is 14.5 Å². The van der Waals surface area contributed by atoms with Gasteiger partial charge in [-0.3, -0.25) is 9.48 Å². The number of aromatic nitrogens is 4. The molecule has 182 valence electrons. The van der Waals surface area contributed by atoms with Crippen molar-refractivity contribution in [3.05, 3.63) is 59.0 Å². The van der Waals surface area contributed by atoms with E-state index in [0.29, 0.717) is 49.3 Å². The normalized spacial score (nSPS) is 22.5. The standard InChI is InChI=1S/C25H26F2N6O2/c1-14-11-32(13-21(35-14)15-10-28-33(12-15)17-4-5-17)25-29-22(18-6-3-16(26)9-20(18)27)19-7-8-31(2)24(34)23(19)30-25/h3,6,9-10,12,14,17,21H,4-5,7-8,11,13H2,1-2H3. The molecule has 2 unspecified atom stereocenters. The fourth-order valence-corrected chi connectivity index (χ4v) is 4.85. The summed E-state index contributed by atoms with van der Waals surface area (Å²) in [6.07, 6.45) is 6.28. The van der Waals surface area contributed by atoms with Crippen LogP contribution in [-0.2, 0) is 11.2 Å². The van der Waals surface area contributed by atoms with Crippen molar-refractivity contribution in [3.63, 3.8) is 0 Å². The van der Waals surface area contributed by atoms with Gasteiger partial charge >= 0.3 is 0 Å². The van der Waals surface area contributed by atoms with Crippen LogP contribution in [0.5, 0.6) is 0 Å².